The van der Waals surface area contributed by atoms with Crippen molar-refractivity contribution in [1.82, 2.24) is 9.97 Å². The molecule has 0 unspecified atom stereocenters. The van der Waals surface area contributed by atoms with E-state index in [1.807, 2.05) is 54.6 Å². The summed E-state index contributed by atoms with van der Waals surface area (Å²) < 4.78 is 32.9. The molecule has 0 bridgehead atoms. The highest BCUT2D eigenvalue weighted by molar-refractivity contribution is 7.92. The molecule has 0 aliphatic rings. The van der Waals surface area contributed by atoms with Crippen LogP contribution in [0, 0.1) is 6.92 Å². The molecular weight excluding hydrogens is 476 g/mol. The lowest BCUT2D eigenvalue weighted by molar-refractivity contribution is -0.111. The van der Waals surface area contributed by atoms with Gasteiger partial charge in [0.05, 0.1) is 12.0 Å². The van der Waals surface area contributed by atoms with Crippen LogP contribution in [0.5, 0.6) is 5.75 Å². The Labute approximate surface area is 209 Å². The Hall–Kier alpha value is -4.50. The van der Waals surface area contributed by atoms with E-state index in [0.717, 1.165) is 16.9 Å². The van der Waals surface area contributed by atoms with Gasteiger partial charge in [-0.25, -0.2) is 23.1 Å². The molecule has 1 aromatic heterocycles. The SMILES string of the molecule is COc1ccc(/C=C(/C(=O)Nc2ccc(S(=O)(=O)Nc3nccc(C)n3)cc2)c2ccccc2)cc1. The highest BCUT2D eigenvalue weighted by Crippen LogP contribution is 2.23. The zero-order valence-corrected chi connectivity index (χ0v) is 20.5. The molecule has 1 heterocycles. The minimum Gasteiger partial charge on any atom is -0.497 e. The summed E-state index contributed by atoms with van der Waals surface area (Å²) in [6, 6.07) is 24.2. The average Bonchev–Trinajstić information content (AvgIpc) is 2.88. The molecule has 36 heavy (non-hydrogen) atoms. The molecule has 0 fully saturated rings. The molecule has 0 radical (unpaired) electrons. The third-order valence-corrected chi connectivity index (χ3v) is 6.54. The lowest BCUT2D eigenvalue weighted by Gasteiger charge is -2.11. The molecule has 4 aromatic rings. The van der Waals surface area contributed by atoms with Crippen LogP contribution >= 0.6 is 0 Å². The summed E-state index contributed by atoms with van der Waals surface area (Å²) in [5, 5.41) is 2.85. The molecule has 0 spiro atoms. The Bertz CT molecular complexity index is 1490. The molecule has 2 N–H and O–H groups in total. The zero-order valence-electron chi connectivity index (χ0n) is 19.7. The summed E-state index contributed by atoms with van der Waals surface area (Å²) in [7, 11) is -2.30. The van der Waals surface area contributed by atoms with Gasteiger partial charge >= 0.3 is 0 Å². The van der Waals surface area contributed by atoms with Gasteiger partial charge in [0.2, 0.25) is 5.95 Å². The average molecular weight is 501 g/mol. The third kappa shape index (κ3) is 6.13. The van der Waals surface area contributed by atoms with Crippen LogP contribution in [0.25, 0.3) is 11.6 Å². The monoisotopic (exact) mass is 500 g/mol. The number of ether oxygens (including phenoxy) is 1. The maximum absolute atomic E-state index is 13.2. The predicted octanol–water partition coefficient (Wildman–Crippen LogP) is 4.77. The number of carbonyl (C=O) groups excluding carboxylic acids is 1. The Morgan fingerprint density at radius 1 is 0.917 bits per heavy atom. The van der Waals surface area contributed by atoms with Crippen molar-refractivity contribution in [2.24, 2.45) is 0 Å². The summed E-state index contributed by atoms with van der Waals surface area (Å²) in [5.74, 6) is 0.374. The molecule has 182 valence electrons. The number of benzene rings is 3. The van der Waals surface area contributed by atoms with Crippen molar-refractivity contribution in [2.75, 3.05) is 17.1 Å². The van der Waals surface area contributed by atoms with E-state index in [0.29, 0.717) is 17.0 Å². The standard InChI is InChI=1S/C27H24N4O4S/c1-19-16-17-28-27(29-19)31-36(33,34)24-14-10-22(11-15-24)30-26(32)25(21-6-4-3-5-7-21)18-20-8-12-23(35-2)13-9-20/h3-18H,1-2H3,(H,30,32)(H,28,29,31)/b25-18+. The van der Waals surface area contributed by atoms with E-state index in [1.165, 1.54) is 30.5 Å². The van der Waals surface area contributed by atoms with E-state index in [9.17, 15) is 13.2 Å². The van der Waals surface area contributed by atoms with Crippen LogP contribution in [-0.2, 0) is 14.8 Å². The highest BCUT2D eigenvalue weighted by atomic mass is 32.2. The first-order valence-electron chi connectivity index (χ1n) is 11.0. The van der Waals surface area contributed by atoms with E-state index in [4.69, 9.17) is 4.74 Å². The molecule has 0 atom stereocenters. The number of amides is 1. The van der Waals surface area contributed by atoms with Crippen molar-refractivity contribution in [3.05, 3.63) is 108 Å². The van der Waals surface area contributed by atoms with Crippen molar-refractivity contribution >= 4 is 39.2 Å². The summed E-state index contributed by atoms with van der Waals surface area (Å²) in [5.41, 5.74) is 3.11. The number of rotatable bonds is 8. The smallest absolute Gasteiger partial charge is 0.264 e. The second-order valence-electron chi connectivity index (χ2n) is 7.80. The van der Waals surface area contributed by atoms with Gasteiger partial charge in [0, 0.05) is 23.2 Å². The fourth-order valence-electron chi connectivity index (χ4n) is 3.36. The number of methoxy groups -OCH3 is 1. The number of nitrogens with zero attached hydrogens (tertiary/aromatic N) is 2. The topological polar surface area (TPSA) is 110 Å². The maximum Gasteiger partial charge on any atom is 0.264 e. The number of nitrogens with one attached hydrogen (secondary N) is 2. The van der Waals surface area contributed by atoms with Crippen LogP contribution in [0.2, 0.25) is 0 Å². The molecule has 0 aliphatic heterocycles. The highest BCUT2D eigenvalue weighted by Gasteiger charge is 2.17. The molecule has 1 amide bonds. The van der Waals surface area contributed by atoms with Crippen molar-refractivity contribution < 1.29 is 17.9 Å². The molecular formula is C27H24N4O4S. The minimum atomic E-state index is -3.89. The number of sulfonamides is 1. The molecule has 3 aromatic carbocycles. The maximum atomic E-state index is 13.2. The van der Waals surface area contributed by atoms with Gasteiger partial charge in [0.1, 0.15) is 5.75 Å². The van der Waals surface area contributed by atoms with Gasteiger partial charge in [-0.15, -0.1) is 0 Å². The van der Waals surface area contributed by atoms with Crippen molar-refractivity contribution in [3.63, 3.8) is 0 Å². The van der Waals surface area contributed by atoms with Crippen LogP contribution in [0.15, 0.2) is 96.0 Å². The number of aryl methyl sites for hydroxylation is 1. The fourth-order valence-corrected chi connectivity index (χ4v) is 4.31. The Balaban J connectivity index is 1.55. The molecule has 0 aliphatic carbocycles. The first-order valence-corrected chi connectivity index (χ1v) is 12.5. The van der Waals surface area contributed by atoms with Gasteiger partial charge in [0.25, 0.3) is 15.9 Å². The molecule has 0 saturated heterocycles. The van der Waals surface area contributed by atoms with E-state index in [1.54, 1.807) is 26.2 Å². The second kappa shape index (κ2) is 10.8. The first kappa shape index (κ1) is 24.6. The summed E-state index contributed by atoms with van der Waals surface area (Å²) >= 11 is 0. The number of carbonyl (C=O) groups is 1. The minimum absolute atomic E-state index is 0.0106. The van der Waals surface area contributed by atoms with Crippen LogP contribution in [0.4, 0.5) is 11.6 Å². The van der Waals surface area contributed by atoms with Gasteiger partial charge in [-0.1, -0.05) is 42.5 Å². The molecule has 4 rings (SSSR count). The van der Waals surface area contributed by atoms with Gasteiger partial charge < -0.3 is 10.1 Å². The van der Waals surface area contributed by atoms with Crippen LogP contribution < -0.4 is 14.8 Å². The second-order valence-corrected chi connectivity index (χ2v) is 9.49. The Morgan fingerprint density at radius 3 is 2.25 bits per heavy atom. The van der Waals surface area contributed by atoms with E-state index in [-0.39, 0.29) is 16.8 Å². The predicted molar refractivity (Wildman–Crippen MR) is 140 cm³/mol. The Kier molecular flexibility index (Phi) is 7.41. The Morgan fingerprint density at radius 2 is 1.61 bits per heavy atom. The fraction of sp³-hybridized carbons (Fsp3) is 0.0741. The van der Waals surface area contributed by atoms with Gasteiger partial charge in [-0.3, -0.25) is 4.79 Å². The van der Waals surface area contributed by atoms with Crippen molar-refractivity contribution in [2.45, 2.75) is 11.8 Å². The van der Waals surface area contributed by atoms with Gasteiger partial charge in [-0.05, 0) is 66.6 Å². The van der Waals surface area contributed by atoms with E-state index >= 15 is 0 Å². The first-order chi connectivity index (χ1) is 17.3. The lowest BCUT2D eigenvalue weighted by atomic mass is 10.0. The molecule has 9 heteroatoms. The zero-order chi connectivity index (χ0) is 25.5. The van der Waals surface area contributed by atoms with Crippen LogP contribution in [-0.4, -0.2) is 31.4 Å². The normalized spacial score (nSPS) is 11.6. The number of hydrogen-bond acceptors (Lipinski definition) is 6. The van der Waals surface area contributed by atoms with Crippen molar-refractivity contribution in [1.29, 1.82) is 0 Å². The third-order valence-electron chi connectivity index (χ3n) is 5.20. The van der Waals surface area contributed by atoms with Gasteiger partial charge in [0.15, 0.2) is 0 Å². The lowest BCUT2D eigenvalue weighted by Crippen LogP contribution is -2.16. The number of hydrogen-bond donors (Lipinski definition) is 2. The van der Waals surface area contributed by atoms with E-state index in [2.05, 4.69) is 20.0 Å². The van der Waals surface area contributed by atoms with Crippen LogP contribution in [0.3, 0.4) is 0 Å². The van der Waals surface area contributed by atoms with Crippen molar-refractivity contribution in [3.8, 4) is 5.75 Å². The molecule has 0 saturated carbocycles. The quantitative estimate of drug-likeness (QED) is 0.266. The largest absolute Gasteiger partial charge is 0.497 e. The summed E-state index contributed by atoms with van der Waals surface area (Å²) in [4.78, 5) is 21.2. The number of aromatic nitrogens is 2. The van der Waals surface area contributed by atoms with Crippen LogP contribution in [0.1, 0.15) is 16.8 Å². The summed E-state index contributed by atoms with van der Waals surface area (Å²) in [6.45, 7) is 1.74. The van der Waals surface area contributed by atoms with E-state index < -0.39 is 10.0 Å². The number of anilines is 2. The van der Waals surface area contributed by atoms with Gasteiger partial charge in [-0.2, -0.15) is 0 Å². The molecule has 8 nitrogen and oxygen atoms in total. The summed E-state index contributed by atoms with van der Waals surface area (Å²) in [6.07, 6.45) is 3.26.